The van der Waals surface area contributed by atoms with Crippen LogP contribution in [0.1, 0.15) is 112 Å². The fourth-order valence-corrected chi connectivity index (χ4v) is 8.27. The van der Waals surface area contributed by atoms with E-state index in [1.54, 1.807) is 5.57 Å². The molecule has 4 aliphatic carbocycles. The molecule has 0 aromatic heterocycles. The van der Waals surface area contributed by atoms with E-state index in [9.17, 15) is 5.11 Å². The van der Waals surface area contributed by atoms with Gasteiger partial charge in [-0.2, -0.15) is 0 Å². The lowest BCUT2D eigenvalue weighted by atomic mass is 9.47. The average Bonchev–Trinajstić information content (AvgIpc) is 3.03. The van der Waals surface area contributed by atoms with Gasteiger partial charge >= 0.3 is 0 Å². The topological polar surface area (TPSA) is 20.2 Å². The van der Waals surface area contributed by atoms with E-state index in [1.807, 2.05) is 0 Å². The van der Waals surface area contributed by atoms with Gasteiger partial charge in [0.1, 0.15) is 0 Å². The predicted octanol–water partition coefficient (Wildman–Crippen LogP) is 8.34. The maximum Gasteiger partial charge on any atom is 0.0577 e. The van der Waals surface area contributed by atoms with Crippen LogP contribution in [0.3, 0.4) is 0 Å². The van der Waals surface area contributed by atoms with Crippen LogP contribution in [-0.4, -0.2) is 11.2 Å². The second-order valence-electron chi connectivity index (χ2n) is 12.8. The first-order valence-corrected chi connectivity index (χ1v) is 13.0. The van der Waals surface area contributed by atoms with Crippen LogP contribution >= 0.6 is 0 Å². The molecular weight excluding hydrogens is 364 g/mol. The molecule has 30 heavy (non-hydrogen) atoms. The summed E-state index contributed by atoms with van der Waals surface area (Å²) >= 11 is 0. The lowest BCUT2D eigenvalue weighted by Gasteiger charge is -2.58. The quantitative estimate of drug-likeness (QED) is 0.362. The summed E-state index contributed by atoms with van der Waals surface area (Å²) in [6.07, 6.45) is 18.6. The number of allylic oxidation sites excluding steroid dienone is 1. The molecule has 0 saturated heterocycles. The number of hydrogen-bond acceptors (Lipinski definition) is 1. The SMILES string of the molecule is C=C.CC(C)(C)CCCCC1CCC2C3CC=C4CC(O)CCC4(C)C3CCC12C. The number of unbranched alkanes of at least 4 members (excludes halogenated alkanes) is 1. The van der Waals surface area contributed by atoms with E-state index in [-0.39, 0.29) is 6.10 Å². The van der Waals surface area contributed by atoms with Crippen molar-refractivity contribution in [1.82, 2.24) is 0 Å². The van der Waals surface area contributed by atoms with Gasteiger partial charge in [0.05, 0.1) is 6.10 Å². The van der Waals surface area contributed by atoms with E-state index in [2.05, 4.69) is 53.9 Å². The summed E-state index contributed by atoms with van der Waals surface area (Å²) < 4.78 is 0. The van der Waals surface area contributed by atoms with Gasteiger partial charge < -0.3 is 5.11 Å². The summed E-state index contributed by atoms with van der Waals surface area (Å²) in [7, 11) is 0. The highest BCUT2D eigenvalue weighted by Crippen LogP contribution is 2.66. The molecule has 3 saturated carbocycles. The van der Waals surface area contributed by atoms with Crippen LogP contribution in [0.25, 0.3) is 0 Å². The highest BCUT2D eigenvalue weighted by molar-refractivity contribution is 5.25. The second kappa shape index (κ2) is 9.13. The van der Waals surface area contributed by atoms with Crippen molar-refractivity contribution in [3.8, 4) is 0 Å². The monoisotopic (exact) mass is 414 g/mol. The van der Waals surface area contributed by atoms with Gasteiger partial charge in [-0.1, -0.05) is 59.1 Å². The minimum atomic E-state index is -0.0753. The van der Waals surface area contributed by atoms with E-state index in [1.165, 1.54) is 64.2 Å². The van der Waals surface area contributed by atoms with Crippen molar-refractivity contribution >= 4 is 0 Å². The number of aliphatic hydroxyl groups excluding tert-OH is 1. The summed E-state index contributed by atoms with van der Waals surface area (Å²) in [6.45, 7) is 18.4. The lowest BCUT2D eigenvalue weighted by Crippen LogP contribution is -2.50. The number of aliphatic hydroxyl groups is 1. The molecule has 0 aliphatic heterocycles. The third-order valence-electron chi connectivity index (χ3n) is 10.0. The number of rotatable bonds is 4. The van der Waals surface area contributed by atoms with Gasteiger partial charge in [0.2, 0.25) is 0 Å². The first-order chi connectivity index (χ1) is 14.1. The van der Waals surface area contributed by atoms with Gasteiger partial charge in [-0.25, -0.2) is 0 Å². The predicted molar refractivity (Wildman–Crippen MR) is 130 cm³/mol. The average molecular weight is 415 g/mol. The van der Waals surface area contributed by atoms with Gasteiger partial charge in [0, 0.05) is 0 Å². The molecule has 0 aromatic carbocycles. The summed E-state index contributed by atoms with van der Waals surface area (Å²) in [6, 6.07) is 0. The summed E-state index contributed by atoms with van der Waals surface area (Å²) in [5, 5.41) is 10.2. The Bertz CT molecular complexity index is 612. The van der Waals surface area contributed by atoms with Crippen LogP contribution in [0.5, 0.6) is 0 Å². The molecule has 0 aromatic rings. The largest absolute Gasteiger partial charge is 0.393 e. The summed E-state index contributed by atoms with van der Waals surface area (Å²) in [5.74, 6) is 3.74. The Balaban J connectivity index is 0.00000124. The minimum absolute atomic E-state index is 0.0753. The standard InChI is InChI=1S/C27H46O.C2H4/c1-25(2,3)15-7-6-8-19-10-12-23-22-11-9-20-18-21(28)13-16-27(20,5)24(22)14-17-26(19,23)4;1-2/h9,19,21-24,28H,6-8,10-18H2,1-5H3;1-2H2. The van der Waals surface area contributed by atoms with Crippen molar-refractivity contribution in [1.29, 1.82) is 0 Å². The second-order valence-corrected chi connectivity index (χ2v) is 12.8. The zero-order chi connectivity index (χ0) is 22.2. The van der Waals surface area contributed by atoms with Crippen LogP contribution < -0.4 is 0 Å². The van der Waals surface area contributed by atoms with Gasteiger partial charge in [0.15, 0.2) is 0 Å². The van der Waals surface area contributed by atoms with Gasteiger partial charge in [-0.15, -0.1) is 13.2 Å². The van der Waals surface area contributed by atoms with Crippen LogP contribution in [0.2, 0.25) is 0 Å². The van der Waals surface area contributed by atoms with Crippen molar-refractivity contribution in [3.05, 3.63) is 24.8 Å². The molecule has 3 fully saturated rings. The highest BCUT2D eigenvalue weighted by atomic mass is 16.3. The van der Waals surface area contributed by atoms with E-state index < -0.39 is 0 Å². The molecule has 0 bridgehead atoms. The molecule has 172 valence electrons. The summed E-state index contributed by atoms with van der Waals surface area (Å²) in [4.78, 5) is 0. The Hall–Kier alpha value is -0.560. The zero-order valence-electron chi connectivity index (χ0n) is 20.8. The molecular formula is C29H50O. The molecule has 0 spiro atoms. The molecule has 0 radical (unpaired) electrons. The van der Waals surface area contributed by atoms with Crippen LogP contribution in [0.4, 0.5) is 0 Å². The minimum Gasteiger partial charge on any atom is -0.393 e. The Morgan fingerprint density at radius 1 is 1.00 bits per heavy atom. The van der Waals surface area contributed by atoms with E-state index in [0.717, 1.165) is 36.5 Å². The maximum atomic E-state index is 10.2. The van der Waals surface area contributed by atoms with E-state index >= 15 is 0 Å². The van der Waals surface area contributed by atoms with Crippen molar-refractivity contribution in [2.75, 3.05) is 0 Å². The molecule has 1 heteroatoms. The van der Waals surface area contributed by atoms with Gasteiger partial charge in [-0.3, -0.25) is 0 Å². The van der Waals surface area contributed by atoms with Crippen LogP contribution in [0.15, 0.2) is 24.8 Å². The van der Waals surface area contributed by atoms with Gasteiger partial charge in [0.25, 0.3) is 0 Å². The van der Waals surface area contributed by atoms with Crippen molar-refractivity contribution in [3.63, 3.8) is 0 Å². The molecule has 4 rings (SSSR count). The van der Waals surface area contributed by atoms with E-state index in [4.69, 9.17) is 0 Å². The fraction of sp³-hybridized carbons (Fsp3) is 0.862. The first kappa shape index (κ1) is 24.1. The summed E-state index contributed by atoms with van der Waals surface area (Å²) in [5.41, 5.74) is 3.12. The smallest absolute Gasteiger partial charge is 0.0577 e. The highest BCUT2D eigenvalue weighted by Gasteiger charge is 2.58. The van der Waals surface area contributed by atoms with Crippen LogP contribution in [0, 0.1) is 39.9 Å². The zero-order valence-corrected chi connectivity index (χ0v) is 20.8. The third-order valence-corrected chi connectivity index (χ3v) is 10.0. The molecule has 1 N–H and O–H groups in total. The molecule has 7 unspecified atom stereocenters. The number of fused-ring (bicyclic) bond motifs is 5. The van der Waals surface area contributed by atoms with Gasteiger partial charge in [-0.05, 0) is 104 Å². The fourth-order valence-electron chi connectivity index (χ4n) is 8.27. The van der Waals surface area contributed by atoms with Crippen molar-refractivity contribution in [2.24, 2.45) is 39.9 Å². The van der Waals surface area contributed by atoms with Crippen molar-refractivity contribution < 1.29 is 5.11 Å². The first-order valence-electron chi connectivity index (χ1n) is 13.0. The number of hydrogen-bond donors (Lipinski definition) is 1. The lowest BCUT2D eigenvalue weighted by molar-refractivity contribution is -0.0509. The van der Waals surface area contributed by atoms with E-state index in [0.29, 0.717) is 16.2 Å². The maximum absolute atomic E-state index is 10.2. The third kappa shape index (κ3) is 4.48. The molecule has 4 aliphatic rings. The molecule has 0 heterocycles. The Kier molecular flexibility index (Phi) is 7.33. The molecule has 0 amide bonds. The van der Waals surface area contributed by atoms with Crippen LogP contribution in [-0.2, 0) is 0 Å². The Labute approximate surface area is 187 Å². The Morgan fingerprint density at radius 3 is 2.43 bits per heavy atom. The Morgan fingerprint density at radius 2 is 1.73 bits per heavy atom. The normalized spacial score (nSPS) is 42.9. The molecule has 7 atom stereocenters. The van der Waals surface area contributed by atoms with Crippen molar-refractivity contribution in [2.45, 2.75) is 118 Å². The molecule has 1 nitrogen and oxygen atoms in total.